The zero-order chi connectivity index (χ0) is 16.9. The Hall–Kier alpha value is -1.18. The summed E-state index contributed by atoms with van der Waals surface area (Å²) in [6.07, 6.45) is 6.16. The number of fused-ring (bicyclic) bond motifs is 3. The van der Waals surface area contributed by atoms with Gasteiger partial charge in [-0.1, -0.05) is 11.8 Å². The zero-order valence-corrected chi connectivity index (χ0v) is 15.8. The largest absolute Gasteiger partial charge is 0.379 e. The fourth-order valence-corrected chi connectivity index (χ4v) is 4.96. The molecule has 0 fully saturated rings. The average molecular weight is 366 g/mol. The topological polar surface area (TPSA) is 64.1 Å². The van der Waals surface area contributed by atoms with Gasteiger partial charge < -0.3 is 10.1 Å². The molecule has 1 N–H and O–H groups in total. The summed E-state index contributed by atoms with van der Waals surface area (Å²) in [7, 11) is 0. The number of hydrogen-bond acceptors (Lipinski definition) is 6. The minimum atomic E-state index is 0.0446. The first-order chi connectivity index (χ1) is 11.6. The molecule has 0 bridgehead atoms. The first-order valence-electron chi connectivity index (χ1n) is 8.41. The van der Waals surface area contributed by atoms with Crippen LogP contribution in [-0.4, -0.2) is 40.9 Å². The van der Waals surface area contributed by atoms with Gasteiger partial charge in [0.2, 0.25) is 5.91 Å². The molecule has 7 heteroatoms. The van der Waals surface area contributed by atoms with E-state index < -0.39 is 0 Å². The molecular formula is C17H23N3O2S2. The second-order valence-electron chi connectivity index (χ2n) is 6.13. The minimum absolute atomic E-state index is 0.0446. The fourth-order valence-electron chi connectivity index (χ4n) is 2.81. The molecule has 0 atom stereocenters. The van der Waals surface area contributed by atoms with Gasteiger partial charge in [-0.2, -0.15) is 0 Å². The third-order valence-corrected chi connectivity index (χ3v) is 6.09. The van der Waals surface area contributed by atoms with E-state index in [4.69, 9.17) is 4.74 Å². The summed E-state index contributed by atoms with van der Waals surface area (Å²) in [5, 5.41) is 5.06. The number of amides is 1. The average Bonchev–Trinajstić information content (AvgIpc) is 3.12. The number of thioether (sulfide) groups is 1. The van der Waals surface area contributed by atoms with Gasteiger partial charge >= 0.3 is 0 Å². The van der Waals surface area contributed by atoms with Crippen LogP contribution in [0, 0.1) is 0 Å². The molecule has 0 spiro atoms. The van der Waals surface area contributed by atoms with Gasteiger partial charge in [-0.25, -0.2) is 9.97 Å². The van der Waals surface area contributed by atoms with Crippen molar-refractivity contribution < 1.29 is 9.53 Å². The lowest BCUT2D eigenvalue weighted by molar-refractivity contribution is -0.118. The van der Waals surface area contributed by atoms with E-state index in [2.05, 4.69) is 15.3 Å². The van der Waals surface area contributed by atoms with Crippen molar-refractivity contribution in [2.75, 3.05) is 18.9 Å². The lowest BCUT2D eigenvalue weighted by Crippen LogP contribution is -2.27. The molecular weight excluding hydrogens is 342 g/mol. The molecule has 0 aromatic carbocycles. The molecule has 0 radical (unpaired) electrons. The fraction of sp³-hybridized carbons (Fsp3) is 0.588. The smallest absolute Gasteiger partial charge is 0.230 e. The van der Waals surface area contributed by atoms with Crippen LogP contribution in [0.15, 0.2) is 11.4 Å². The van der Waals surface area contributed by atoms with Gasteiger partial charge in [-0.15, -0.1) is 11.3 Å². The predicted molar refractivity (Wildman–Crippen MR) is 98.9 cm³/mol. The van der Waals surface area contributed by atoms with Crippen LogP contribution >= 0.6 is 23.1 Å². The van der Waals surface area contributed by atoms with Crippen LogP contribution < -0.4 is 5.32 Å². The quantitative estimate of drug-likeness (QED) is 0.442. The van der Waals surface area contributed by atoms with Crippen molar-refractivity contribution in [3.63, 3.8) is 0 Å². The van der Waals surface area contributed by atoms with Gasteiger partial charge in [0.25, 0.3) is 0 Å². The van der Waals surface area contributed by atoms with E-state index >= 15 is 0 Å². The molecule has 0 unspecified atom stereocenters. The molecule has 1 aliphatic rings. The Morgan fingerprint density at radius 1 is 1.42 bits per heavy atom. The molecule has 2 aromatic heterocycles. The second kappa shape index (κ2) is 8.27. The molecule has 0 aliphatic heterocycles. The van der Waals surface area contributed by atoms with E-state index in [0.29, 0.717) is 18.9 Å². The second-order valence-corrected chi connectivity index (χ2v) is 8.18. The molecule has 2 aromatic rings. The van der Waals surface area contributed by atoms with Crippen molar-refractivity contribution >= 4 is 39.2 Å². The van der Waals surface area contributed by atoms with E-state index in [9.17, 15) is 4.79 Å². The van der Waals surface area contributed by atoms with Crippen molar-refractivity contribution in [2.45, 2.75) is 50.7 Å². The number of nitrogens with zero attached hydrogens (tertiary/aromatic N) is 2. The van der Waals surface area contributed by atoms with Crippen LogP contribution in [0.2, 0.25) is 0 Å². The molecule has 0 saturated carbocycles. The Morgan fingerprint density at radius 3 is 3.12 bits per heavy atom. The zero-order valence-electron chi connectivity index (χ0n) is 14.1. The summed E-state index contributed by atoms with van der Waals surface area (Å²) in [5.74, 6) is 0.435. The molecule has 1 aliphatic carbocycles. The van der Waals surface area contributed by atoms with E-state index in [1.807, 2.05) is 13.8 Å². The Morgan fingerprint density at radius 2 is 2.29 bits per heavy atom. The van der Waals surface area contributed by atoms with E-state index in [1.54, 1.807) is 17.7 Å². The van der Waals surface area contributed by atoms with Crippen molar-refractivity contribution in [1.29, 1.82) is 0 Å². The highest BCUT2D eigenvalue weighted by atomic mass is 32.2. The summed E-state index contributed by atoms with van der Waals surface area (Å²) in [4.78, 5) is 23.3. The molecule has 3 rings (SSSR count). The Balaban J connectivity index is 1.52. The van der Waals surface area contributed by atoms with Crippen molar-refractivity contribution in [1.82, 2.24) is 15.3 Å². The maximum Gasteiger partial charge on any atom is 0.230 e. The Kier molecular flexibility index (Phi) is 6.08. The van der Waals surface area contributed by atoms with E-state index in [-0.39, 0.29) is 12.0 Å². The highest BCUT2D eigenvalue weighted by molar-refractivity contribution is 8.00. The monoisotopic (exact) mass is 365 g/mol. The van der Waals surface area contributed by atoms with Gasteiger partial charge in [0.15, 0.2) is 0 Å². The third-order valence-electron chi connectivity index (χ3n) is 3.90. The molecule has 130 valence electrons. The van der Waals surface area contributed by atoms with E-state index in [1.165, 1.54) is 34.0 Å². The van der Waals surface area contributed by atoms with Crippen LogP contribution in [0.3, 0.4) is 0 Å². The Bertz CT molecular complexity index is 715. The van der Waals surface area contributed by atoms with Crippen LogP contribution in [0.25, 0.3) is 10.2 Å². The van der Waals surface area contributed by atoms with Crippen molar-refractivity contribution in [2.24, 2.45) is 0 Å². The van der Waals surface area contributed by atoms with Crippen LogP contribution in [-0.2, 0) is 22.4 Å². The van der Waals surface area contributed by atoms with Gasteiger partial charge in [-0.3, -0.25) is 4.79 Å². The van der Waals surface area contributed by atoms with Crippen LogP contribution in [0.4, 0.5) is 0 Å². The maximum atomic E-state index is 12.0. The number of hydrogen-bond donors (Lipinski definition) is 1. The number of thiophene rings is 1. The Labute approximate surface area is 150 Å². The van der Waals surface area contributed by atoms with E-state index in [0.717, 1.165) is 29.1 Å². The van der Waals surface area contributed by atoms with Gasteiger partial charge in [-0.05, 0) is 45.1 Å². The lowest BCUT2D eigenvalue weighted by atomic mass is 10.2. The standard InChI is InChI=1S/C17H23N3O2S2/c1-11(2)22-8-4-7-18-14(21)9-23-16-15-12-5-3-6-13(12)24-17(15)20-10-19-16/h10-11H,3-9H2,1-2H3,(H,18,21). The highest BCUT2D eigenvalue weighted by Crippen LogP contribution is 2.39. The summed E-state index contributed by atoms with van der Waals surface area (Å²) >= 11 is 3.29. The molecule has 5 nitrogen and oxygen atoms in total. The number of aromatic nitrogens is 2. The predicted octanol–water partition coefficient (Wildman–Crippen LogP) is 3.20. The molecule has 2 heterocycles. The van der Waals surface area contributed by atoms with Gasteiger partial charge in [0.1, 0.15) is 16.2 Å². The normalized spacial score (nSPS) is 13.6. The number of ether oxygens (including phenoxy) is 1. The van der Waals surface area contributed by atoms with Gasteiger partial charge in [0.05, 0.1) is 11.9 Å². The van der Waals surface area contributed by atoms with Crippen LogP contribution in [0.5, 0.6) is 0 Å². The van der Waals surface area contributed by atoms with Crippen molar-refractivity contribution in [3.05, 3.63) is 16.8 Å². The number of aryl methyl sites for hydroxylation is 2. The molecule has 0 saturated heterocycles. The summed E-state index contributed by atoms with van der Waals surface area (Å²) in [5.41, 5.74) is 1.41. The summed E-state index contributed by atoms with van der Waals surface area (Å²) in [6, 6.07) is 0. The summed E-state index contributed by atoms with van der Waals surface area (Å²) in [6.45, 7) is 5.36. The number of nitrogens with one attached hydrogen (secondary N) is 1. The van der Waals surface area contributed by atoms with Crippen molar-refractivity contribution in [3.8, 4) is 0 Å². The first kappa shape index (κ1) is 17.6. The SMILES string of the molecule is CC(C)OCCCNC(=O)CSc1ncnc2sc3c(c12)CCC3. The highest BCUT2D eigenvalue weighted by Gasteiger charge is 2.21. The van der Waals surface area contributed by atoms with Crippen LogP contribution in [0.1, 0.15) is 37.1 Å². The number of rotatable bonds is 8. The number of carbonyl (C=O) groups excluding carboxylic acids is 1. The van der Waals surface area contributed by atoms with Gasteiger partial charge in [0, 0.05) is 23.4 Å². The summed E-state index contributed by atoms with van der Waals surface area (Å²) < 4.78 is 5.46. The third kappa shape index (κ3) is 4.26. The lowest BCUT2D eigenvalue weighted by Gasteiger charge is -2.08. The first-order valence-corrected chi connectivity index (χ1v) is 10.2. The minimum Gasteiger partial charge on any atom is -0.379 e. The molecule has 24 heavy (non-hydrogen) atoms. The molecule has 1 amide bonds. The number of carbonyl (C=O) groups is 1. The maximum absolute atomic E-state index is 12.0.